The number of nitrogens with zero attached hydrogens (tertiary/aromatic N) is 2. The number of rotatable bonds is 4. The van der Waals surface area contributed by atoms with Gasteiger partial charge in [0.2, 0.25) is 0 Å². The summed E-state index contributed by atoms with van der Waals surface area (Å²) in [5.74, 6) is 0. The van der Waals surface area contributed by atoms with E-state index in [2.05, 4.69) is 40.2 Å². The second-order valence-corrected chi connectivity index (χ2v) is 6.73. The summed E-state index contributed by atoms with van der Waals surface area (Å²) in [7, 11) is 0. The summed E-state index contributed by atoms with van der Waals surface area (Å²) in [6, 6.07) is 16.3. The molecule has 128 valence electrons. The van der Waals surface area contributed by atoms with Gasteiger partial charge >= 0.3 is 6.03 Å². The van der Waals surface area contributed by atoms with Crippen LogP contribution in [0.15, 0.2) is 59.2 Å². The Hall–Kier alpha value is -2.33. The molecule has 0 radical (unpaired) electrons. The largest absolute Gasteiger partial charge is 0.328 e. The lowest BCUT2D eigenvalue weighted by Gasteiger charge is -2.19. The highest BCUT2D eigenvalue weighted by Crippen LogP contribution is 2.23. The fraction of sp³-hybridized carbons (Fsp3) is 0.190. The highest BCUT2D eigenvalue weighted by Gasteiger charge is 2.15. The van der Waals surface area contributed by atoms with Crippen molar-refractivity contribution in [3.05, 3.63) is 70.3 Å². The van der Waals surface area contributed by atoms with Gasteiger partial charge in [-0.1, -0.05) is 58.4 Å². The molecule has 3 nitrogen and oxygen atoms in total. The Morgan fingerprint density at radius 3 is 2.44 bits per heavy atom. The van der Waals surface area contributed by atoms with E-state index < -0.39 is 0 Å². The Balaban J connectivity index is 2.02. The van der Waals surface area contributed by atoms with E-state index in [1.807, 2.05) is 61.3 Å². The molecule has 0 N–H and O–H groups in total. The summed E-state index contributed by atoms with van der Waals surface area (Å²) in [6.45, 7) is 5.40. The highest BCUT2D eigenvalue weighted by atomic mass is 79.9. The van der Waals surface area contributed by atoms with Gasteiger partial charge in [0.15, 0.2) is 0 Å². The normalized spacial score (nSPS) is 11.3. The van der Waals surface area contributed by atoms with E-state index in [0.29, 0.717) is 13.1 Å². The van der Waals surface area contributed by atoms with E-state index in [1.165, 1.54) is 0 Å². The first kappa shape index (κ1) is 17.5. The average Bonchev–Trinajstić information content (AvgIpc) is 3.07. The quantitative estimate of drug-likeness (QED) is 0.505. The van der Waals surface area contributed by atoms with Crippen molar-refractivity contribution in [2.45, 2.75) is 13.8 Å². The number of carbonyl (C=O) groups is 1. The van der Waals surface area contributed by atoms with Crippen LogP contribution in [0.1, 0.15) is 25.0 Å². The molecule has 25 heavy (non-hydrogen) atoms. The minimum atomic E-state index is 0.0180. The Bertz CT molecular complexity index is 905. The zero-order chi connectivity index (χ0) is 17.8. The Kier molecular flexibility index (Phi) is 5.39. The maximum absolute atomic E-state index is 12.8. The van der Waals surface area contributed by atoms with E-state index in [1.54, 1.807) is 4.57 Å². The summed E-state index contributed by atoms with van der Waals surface area (Å²) >= 11 is 3.45. The standard InChI is InChI=1S/C21H21BrN2O/c1-3-23(4-2)21(25)24-15-14-18-7-5-6-17(20(18)24)11-8-16-9-12-19(22)13-10-16/h5-15H,3-4H2,1-2H3/b11-8+. The van der Waals surface area contributed by atoms with Crippen molar-refractivity contribution in [3.63, 3.8) is 0 Å². The molecule has 0 fully saturated rings. The van der Waals surface area contributed by atoms with Crippen molar-refractivity contribution in [1.29, 1.82) is 0 Å². The summed E-state index contributed by atoms with van der Waals surface area (Å²) in [5, 5.41) is 1.07. The van der Waals surface area contributed by atoms with Gasteiger partial charge < -0.3 is 4.90 Å². The van der Waals surface area contributed by atoms with Gasteiger partial charge in [-0.15, -0.1) is 0 Å². The van der Waals surface area contributed by atoms with Crippen LogP contribution in [0.5, 0.6) is 0 Å². The van der Waals surface area contributed by atoms with E-state index in [9.17, 15) is 4.79 Å². The lowest BCUT2D eigenvalue weighted by molar-refractivity contribution is 0.206. The lowest BCUT2D eigenvalue weighted by atomic mass is 10.1. The number of para-hydroxylation sites is 1. The Labute approximate surface area is 156 Å². The van der Waals surface area contributed by atoms with Gasteiger partial charge in [-0.3, -0.25) is 4.57 Å². The molecule has 0 aliphatic heterocycles. The predicted octanol–water partition coefficient (Wildman–Crippen LogP) is 5.88. The van der Waals surface area contributed by atoms with Gasteiger partial charge in [0.25, 0.3) is 0 Å². The molecule has 1 heterocycles. The minimum Gasteiger partial charge on any atom is -0.325 e. The number of amides is 1. The van der Waals surface area contributed by atoms with Crippen molar-refractivity contribution in [2.24, 2.45) is 0 Å². The SMILES string of the molecule is CCN(CC)C(=O)n1ccc2cccc(/C=C/c3ccc(Br)cc3)c21. The number of hydrogen-bond donors (Lipinski definition) is 0. The van der Waals surface area contributed by atoms with E-state index in [4.69, 9.17) is 0 Å². The molecule has 4 heteroatoms. The summed E-state index contributed by atoms with van der Waals surface area (Å²) in [6.07, 6.45) is 6.00. The van der Waals surface area contributed by atoms with Gasteiger partial charge in [0, 0.05) is 29.1 Å². The van der Waals surface area contributed by atoms with E-state index >= 15 is 0 Å². The van der Waals surface area contributed by atoms with Gasteiger partial charge in [0.05, 0.1) is 5.52 Å². The molecule has 1 aromatic heterocycles. The molecule has 0 spiro atoms. The Morgan fingerprint density at radius 2 is 1.76 bits per heavy atom. The fourth-order valence-electron chi connectivity index (χ4n) is 2.92. The molecule has 3 aromatic rings. The number of hydrogen-bond acceptors (Lipinski definition) is 1. The molecule has 0 saturated heterocycles. The van der Waals surface area contributed by atoms with E-state index in [0.717, 1.165) is 26.5 Å². The third-order valence-corrected chi connectivity index (χ3v) is 4.84. The second-order valence-electron chi connectivity index (χ2n) is 5.81. The fourth-order valence-corrected chi connectivity index (χ4v) is 3.19. The monoisotopic (exact) mass is 396 g/mol. The van der Waals surface area contributed by atoms with Crippen molar-refractivity contribution in [2.75, 3.05) is 13.1 Å². The van der Waals surface area contributed by atoms with Crippen LogP contribution in [0.2, 0.25) is 0 Å². The molecule has 3 rings (SSSR count). The van der Waals surface area contributed by atoms with Gasteiger partial charge in [0.1, 0.15) is 0 Å². The molecule has 0 aliphatic rings. The predicted molar refractivity (Wildman–Crippen MR) is 109 cm³/mol. The number of carbonyl (C=O) groups excluding carboxylic acids is 1. The molecule has 1 amide bonds. The topological polar surface area (TPSA) is 25.2 Å². The van der Waals surface area contributed by atoms with Gasteiger partial charge in [-0.25, -0.2) is 4.79 Å². The Morgan fingerprint density at radius 1 is 1.04 bits per heavy atom. The number of fused-ring (bicyclic) bond motifs is 1. The molecular weight excluding hydrogens is 376 g/mol. The van der Waals surface area contributed by atoms with Crippen LogP contribution >= 0.6 is 15.9 Å². The van der Waals surface area contributed by atoms with E-state index in [-0.39, 0.29) is 6.03 Å². The molecule has 0 atom stereocenters. The highest BCUT2D eigenvalue weighted by molar-refractivity contribution is 9.10. The zero-order valence-electron chi connectivity index (χ0n) is 14.4. The summed E-state index contributed by atoms with van der Waals surface area (Å²) in [4.78, 5) is 14.6. The van der Waals surface area contributed by atoms with Crippen molar-refractivity contribution >= 4 is 45.0 Å². The van der Waals surface area contributed by atoms with Crippen LogP contribution in [0.4, 0.5) is 4.79 Å². The minimum absolute atomic E-state index is 0.0180. The number of aromatic nitrogens is 1. The molecule has 0 unspecified atom stereocenters. The third kappa shape index (κ3) is 3.69. The molecule has 0 saturated carbocycles. The summed E-state index contributed by atoms with van der Waals surface area (Å²) in [5.41, 5.74) is 3.10. The molecule has 0 aliphatic carbocycles. The van der Waals surface area contributed by atoms with Crippen LogP contribution in [0.3, 0.4) is 0 Å². The van der Waals surface area contributed by atoms with Crippen LogP contribution in [0, 0.1) is 0 Å². The number of benzene rings is 2. The van der Waals surface area contributed by atoms with Gasteiger partial charge in [-0.2, -0.15) is 0 Å². The van der Waals surface area contributed by atoms with Crippen LogP contribution in [0.25, 0.3) is 23.1 Å². The maximum atomic E-state index is 12.8. The summed E-state index contributed by atoms with van der Waals surface area (Å²) < 4.78 is 2.81. The van der Waals surface area contributed by atoms with Crippen molar-refractivity contribution < 1.29 is 4.79 Å². The first-order valence-corrected chi connectivity index (χ1v) is 9.26. The smallest absolute Gasteiger partial charge is 0.325 e. The van der Waals surface area contributed by atoms with Crippen LogP contribution in [-0.2, 0) is 0 Å². The molecule has 2 aromatic carbocycles. The molecular formula is C21H21BrN2O. The van der Waals surface area contributed by atoms with Crippen LogP contribution < -0.4 is 0 Å². The van der Waals surface area contributed by atoms with Crippen molar-refractivity contribution in [1.82, 2.24) is 9.47 Å². The molecule has 0 bridgehead atoms. The zero-order valence-corrected chi connectivity index (χ0v) is 16.0. The van der Waals surface area contributed by atoms with Crippen molar-refractivity contribution in [3.8, 4) is 0 Å². The van der Waals surface area contributed by atoms with Crippen LogP contribution in [-0.4, -0.2) is 28.6 Å². The maximum Gasteiger partial charge on any atom is 0.328 e. The average molecular weight is 397 g/mol. The first-order valence-electron chi connectivity index (χ1n) is 8.47. The number of halogens is 1. The first-order chi connectivity index (χ1) is 12.1. The van der Waals surface area contributed by atoms with Gasteiger partial charge in [-0.05, 0) is 43.2 Å². The second kappa shape index (κ2) is 7.70. The third-order valence-electron chi connectivity index (χ3n) is 4.31. The lowest BCUT2D eigenvalue weighted by Crippen LogP contribution is -2.33.